The minimum absolute atomic E-state index is 0.0634. The lowest BCUT2D eigenvalue weighted by Gasteiger charge is -2.23. The number of benzene rings is 1. The molecular formula is C18H19N3O4. The molecule has 1 atom stereocenters. The van der Waals surface area contributed by atoms with Crippen molar-refractivity contribution in [1.82, 2.24) is 10.2 Å². The van der Waals surface area contributed by atoms with E-state index in [-0.39, 0.29) is 24.3 Å². The van der Waals surface area contributed by atoms with Crippen LogP contribution in [0.5, 0.6) is 0 Å². The number of furan rings is 1. The van der Waals surface area contributed by atoms with Crippen LogP contribution in [0.2, 0.25) is 0 Å². The van der Waals surface area contributed by atoms with Crippen LogP contribution >= 0.6 is 0 Å². The molecule has 1 aliphatic rings. The maximum Gasteiger partial charge on any atom is 0.251 e. The SMILES string of the molecule is CNC(=O)c1ccc(NC(=O)C2CCC(=O)N2Cc2ccco2)cc1. The van der Waals surface area contributed by atoms with E-state index in [0.29, 0.717) is 29.9 Å². The van der Waals surface area contributed by atoms with Crippen LogP contribution in [0.1, 0.15) is 29.0 Å². The van der Waals surface area contributed by atoms with Crippen molar-refractivity contribution in [2.75, 3.05) is 12.4 Å². The largest absolute Gasteiger partial charge is 0.467 e. The maximum atomic E-state index is 12.6. The van der Waals surface area contributed by atoms with E-state index in [9.17, 15) is 14.4 Å². The van der Waals surface area contributed by atoms with Gasteiger partial charge in [0.15, 0.2) is 0 Å². The van der Waals surface area contributed by atoms with Gasteiger partial charge >= 0.3 is 0 Å². The Balaban J connectivity index is 1.67. The predicted molar refractivity (Wildman–Crippen MR) is 90.7 cm³/mol. The van der Waals surface area contributed by atoms with Gasteiger partial charge in [-0.05, 0) is 42.8 Å². The first kappa shape index (κ1) is 16.8. The highest BCUT2D eigenvalue weighted by molar-refractivity contribution is 5.99. The number of anilines is 1. The zero-order valence-electron chi connectivity index (χ0n) is 13.8. The lowest BCUT2D eigenvalue weighted by Crippen LogP contribution is -2.41. The summed E-state index contributed by atoms with van der Waals surface area (Å²) in [4.78, 5) is 37.7. The highest BCUT2D eigenvalue weighted by Crippen LogP contribution is 2.23. The van der Waals surface area contributed by atoms with Gasteiger partial charge in [0.1, 0.15) is 11.8 Å². The third-order valence-electron chi connectivity index (χ3n) is 4.18. The lowest BCUT2D eigenvalue weighted by atomic mass is 10.1. The van der Waals surface area contributed by atoms with Crippen molar-refractivity contribution < 1.29 is 18.8 Å². The molecule has 0 spiro atoms. The quantitative estimate of drug-likeness (QED) is 0.867. The molecule has 130 valence electrons. The van der Waals surface area contributed by atoms with Gasteiger partial charge in [0.05, 0.1) is 12.8 Å². The van der Waals surface area contributed by atoms with Crippen molar-refractivity contribution in [3.63, 3.8) is 0 Å². The molecule has 7 heteroatoms. The van der Waals surface area contributed by atoms with Gasteiger partial charge in [0, 0.05) is 24.7 Å². The zero-order valence-corrected chi connectivity index (χ0v) is 13.8. The molecule has 0 radical (unpaired) electrons. The molecule has 2 N–H and O–H groups in total. The molecule has 0 saturated carbocycles. The average molecular weight is 341 g/mol. The molecular weight excluding hydrogens is 322 g/mol. The number of hydrogen-bond donors (Lipinski definition) is 2. The summed E-state index contributed by atoms with van der Waals surface area (Å²) >= 11 is 0. The second-order valence-electron chi connectivity index (χ2n) is 5.80. The summed E-state index contributed by atoms with van der Waals surface area (Å²) in [7, 11) is 1.56. The normalized spacial score (nSPS) is 16.8. The van der Waals surface area contributed by atoms with E-state index in [2.05, 4.69) is 10.6 Å². The van der Waals surface area contributed by atoms with Crippen LogP contribution in [-0.4, -0.2) is 35.7 Å². The molecule has 1 aromatic heterocycles. The molecule has 0 aliphatic carbocycles. The Kier molecular flexibility index (Phi) is 4.83. The van der Waals surface area contributed by atoms with Crippen LogP contribution in [-0.2, 0) is 16.1 Å². The Morgan fingerprint density at radius 3 is 2.64 bits per heavy atom. The summed E-state index contributed by atoms with van der Waals surface area (Å²) in [5, 5.41) is 5.34. The fraction of sp³-hybridized carbons (Fsp3) is 0.278. The average Bonchev–Trinajstić information content (AvgIpc) is 3.26. The Morgan fingerprint density at radius 2 is 2.00 bits per heavy atom. The van der Waals surface area contributed by atoms with E-state index < -0.39 is 6.04 Å². The van der Waals surface area contributed by atoms with Crippen molar-refractivity contribution >= 4 is 23.4 Å². The van der Waals surface area contributed by atoms with Gasteiger partial charge in [-0.2, -0.15) is 0 Å². The van der Waals surface area contributed by atoms with Crippen molar-refractivity contribution in [2.45, 2.75) is 25.4 Å². The molecule has 1 saturated heterocycles. The van der Waals surface area contributed by atoms with Gasteiger partial charge in [-0.1, -0.05) is 0 Å². The molecule has 1 fully saturated rings. The van der Waals surface area contributed by atoms with Crippen molar-refractivity contribution in [2.24, 2.45) is 0 Å². The molecule has 2 aromatic rings. The van der Waals surface area contributed by atoms with Gasteiger partial charge < -0.3 is 20.0 Å². The first-order valence-electron chi connectivity index (χ1n) is 8.03. The number of carbonyl (C=O) groups is 3. The topological polar surface area (TPSA) is 91.7 Å². The number of rotatable bonds is 5. The molecule has 1 unspecified atom stereocenters. The van der Waals surface area contributed by atoms with E-state index in [1.165, 1.54) is 4.90 Å². The van der Waals surface area contributed by atoms with Crippen LogP contribution in [0.4, 0.5) is 5.69 Å². The smallest absolute Gasteiger partial charge is 0.251 e. The van der Waals surface area contributed by atoms with E-state index in [1.54, 1.807) is 49.7 Å². The summed E-state index contributed by atoms with van der Waals surface area (Å²) in [5.41, 5.74) is 1.09. The molecule has 1 aliphatic heterocycles. The maximum absolute atomic E-state index is 12.6. The Morgan fingerprint density at radius 1 is 1.24 bits per heavy atom. The number of hydrogen-bond acceptors (Lipinski definition) is 4. The minimum atomic E-state index is -0.531. The van der Waals surface area contributed by atoms with E-state index in [4.69, 9.17) is 4.42 Å². The summed E-state index contributed by atoms with van der Waals surface area (Å²) in [5.74, 6) is 0.142. The van der Waals surface area contributed by atoms with Crippen LogP contribution in [0, 0.1) is 0 Å². The number of carbonyl (C=O) groups excluding carboxylic acids is 3. The second kappa shape index (κ2) is 7.21. The van der Waals surface area contributed by atoms with Crippen LogP contribution < -0.4 is 10.6 Å². The van der Waals surface area contributed by atoms with Gasteiger partial charge in [-0.15, -0.1) is 0 Å². The number of likely N-dealkylation sites (tertiary alicyclic amines) is 1. The summed E-state index contributed by atoms with van der Waals surface area (Å²) < 4.78 is 5.27. The van der Waals surface area contributed by atoms with Gasteiger partial charge in [-0.25, -0.2) is 0 Å². The highest BCUT2D eigenvalue weighted by Gasteiger charge is 2.36. The van der Waals surface area contributed by atoms with E-state index >= 15 is 0 Å². The second-order valence-corrected chi connectivity index (χ2v) is 5.80. The molecule has 2 heterocycles. The molecule has 1 aromatic carbocycles. The van der Waals surface area contributed by atoms with Gasteiger partial charge in [0.2, 0.25) is 11.8 Å². The third kappa shape index (κ3) is 3.71. The fourth-order valence-corrected chi connectivity index (χ4v) is 2.85. The minimum Gasteiger partial charge on any atom is -0.467 e. The van der Waals surface area contributed by atoms with Gasteiger partial charge in [-0.3, -0.25) is 14.4 Å². The Hall–Kier alpha value is -3.09. The third-order valence-corrected chi connectivity index (χ3v) is 4.18. The molecule has 0 bridgehead atoms. The van der Waals surface area contributed by atoms with E-state index in [0.717, 1.165) is 0 Å². The number of nitrogens with zero attached hydrogens (tertiary/aromatic N) is 1. The van der Waals surface area contributed by atoms with Crippen LogP contribution in [0.25, 0.3) is 0 Å². The van der Waals surface area contributed by atoms with Crippen molar-refractivity contribution in [3.05, 3.63) is 54.0 Å². The molecule has 3 rings (SSSR count). The van der Waals surface area contributed by atoms with Crippen LogP contribution in [0.3, 0.4) is 0 Å². The number of nitrogens with one attached hydrogen (secondary N) is 2. The highest BCUT2D eigenvalue weighted by atomic mass is 16.3. The molecule has 25 heavy (non-hydrogen) atoms. The van der Waals surface area contributed by atoms with Crippen molar-refractivity contribution in [3.8, 4) is 0 Å². The Bertz CT molecular complexity index is 768. The summed E-state index contributed by atoms with van der Waals surface area (Å²) in [6.07, 6.45) is 2.36. The monoisotopic (exact) mass is 341 g/mol. The fourth-order valence-electron chi connectivity index (χ4n) is 2.85. The standard InChI is InChI=1S/C18H19N3O4/c1-19-17(23)12-4-6-13(7-5-12)20-18(24)15-8-9-16(22)21(15)11-14-3-2-10-25-14/h2-7,10,15H,8-9,11H2,1H3,(H,19,23)(H,20,24). The predicted octanol–water partition coefficient (Wildman–Crippen LogP) is 1.77. The first-order valence-corrected chi connectivity index (χ1v) is 8.03. The van der Waals surface area contributed by atoms with Gasteiger partial charge in [0.25, 0.3) is 5.91 Å². The lowest BCUT2D eigenvalue weighted by molar-refractivity contribution is -0.134. The van der Waals surface area contributed by atoms with Crippen molar-refractivity contribution in [1.29, 1.82) is 0 Å². The van der Waals surface area contributed by atoms with E-state index in [1.807, 2.05) is 0 Å². The molecule has 7 nitrogen and oxygen atoms in total. The summed E-state index contributed by atoms with van der Waals surface area (Å²) in [6.45, 7) is 0.277. The zero-order chi connectivity index (χ0) is 17.8. The summed E-state index contributed by atoms with van der Waals surface area (Å²) in [6, 6.07) is 9.59. The Labute approximate surface area is 145 Å². The van der Waals surface area contributed by atoms with Crippen LogP contribution in [0.15, 0.2) is 47.1 Å². The molecule has 3 amide bonds. The number of amides is 3. The first-order chi connectivity index (χ1) is 12.1.